The Labute approximate surface area is 190 Å². The molecular weight excluding hydrogens is 410 g/mol. The summed E-state index contributed by atoms with van der Waals surface area (Å²) in [4.78, 5) is 24.4. The summed E-state index contributed by atoms with van der Waals surface area (Å²) in [5.74, 6) is -0.250. The van der Waals surface area contributed by atoms with Crippen molar-refractivity contribution in [3.05, 3.63) is 47.7 Å². The number of nitrogens with zero attached hydrogens (tertiary/aromatic N) is 2. The zero-order valence-corrected chi connectivity index (χ0v) is 20.3. The van der Waals surface area contributed by atoms with Crippen molar-refractivity contribution < 1.29 is 23.8 Å². The Hall–Kier alpha value is -2.87. The molecule has 0 saturated heterocycles. The average molecular weight is 446 g/mol. The summed E-state index contributed by atoms with van der Waals surface area (Å²) in [6, 6.07) is 11.4. The number of methoxy groups -OCH3 is 1. The monoisotopic (exact) mass is 445 g/mol. The zero-order chi connectivity index (χ0) is 24.2. The maximum Gasteiger partial charge on any atom is 0.413 e. The van der Waals surface area contributed by atoms with Gasteiger partial charge in [0, 0.05) is 11.5 Å². The maximum absolute atomic E-state index is 12.3. The van der Waals surface area contributed by atoms with E-state index in [1.54, 1.807) is 25.5 Å². The summed E-state index contributed by atoms with van der Waals surface area (Å²) < 4.78 is 18.0. The molecule has 0 saturated carbocycles. The molecule has 8 heteroatoms. The van der Waals surface area contributed by atoms with Crippen LogP contribution in [0, 0.1) is 5.41 Å². The van der Waals surface area contributed by atoms with E-state index in [-0.39, 0.29) is 5.69 Å². The lowest BCUT2D eigenvalue weighted by Gasteiger charge is -2.41. The third kappa shape index (κ3) is 6.82. The largest absolute Gasteiger partial charge is 0.464 e. The van der Waals surface area contributed by atoms with E-state index in [1.807, 2.05) is 44.2 Å². The lowest BCUT2D eigenvalue weighted by molar-refractivity contribution is -0.113. The number of aromatic nitrogens is 2. The summed E-state index contributed by atoms with van der Waals surface area (Å²) in [6.07, 6.45) is -0.632. The maximum atomic E-state index is 12.3. The molecule has 0 aliphatic heterocycles. The van der Waals surface area contributed by atoms with Crippen molar-refractivity contribution in [1.29, 1.82) is 0 Å². The fourth-order valence-corrected chi connectivity index (χ4v) is 2.85. The van der Waals surface area contributed by atoms with Crippen LogP contribution in [0.3, 0.4) is 0 Å². The molecule has 0 aliphatic carbocycles. The van der Waals surface area contributed by atoms with Gasteiger partial charge in [-0.25, -0.2) is 14.3 Å². The topological polar surface area (TPSA) is 91.7 Å². The molecule has 8 nitrogen and oxygen atoms in total. The van der Waals surface area contributed by atoms with Crippen LogP contribution in [0.1, 0.15) is 64.5 Å². The highest BCUT2D eigenvalue weighted by atomic mass is 16.6. The second kappa shape index (κ2) is 9.73. The van der Waals surface area contributed by atoms with Crippen LogP contribution < -0.4 is 5.32 Å². The average Bonchev–Trinajstić information content (AvgIpc) is 3.06. The van der Waals surface area contributed by atoms with E-state index >= 15 is 0 Å². The van der Waals surface area contributed by atoms with Crippen molar-refractivity contribution >= 4 is 17.9 Å². The van der Waals surface area contributed by atoms with E-state index in [9.17, 15) is 9.59 Å². The molecular formula is C24H35N3O5. The standard InChI is InChI=1S/C24H35N3O5/c1-22(2,3)32-21(29)25-19-14-18(20(28)30-8)26-27(19)16-23(4,5)24(6,7)31-15-17-12-10-9-11-13-17/h9-14H,15-16H2,1-8H3,(H,25,29). The number of hydrogen-bond acceptors (Lipinski definition) is 6. The number of rotatable bonds is 8. The predicted molar refractivity (Wildman–Crippen MR) is 123 cm³/mol. The molecule has 2 rings (SSSR count). The summed E-state index contributed by atoms with van der Waals surface area (Å²) in [6.45, 7) is 14.3. The van der Waals surface area contributed by atoms with Crippen LogP contribution in [0.5, 0.6) is 0 Å². The van der Waals surface area contributed by atoms with Gasteiger partial charge in [-0.05, 0) is 40.2 Å². The minimum atomic E-state index is -0.660. The van der Waals surface area contributed by atoms with Crippen molar-refractivity contribution in [2.24, 2.45) is 5.41 Å². The first-order valence-corrected chi connectivity index (χ1v) is 10.6. The fraction of sp³-hybridized carbons (Fsp3) is 0.542. The van der Waals surface area contributed by atoms with Gasteiger partial charge >= 0.3 is 12.1 Å². The number of carbonyl (C=O) groups is 2. The molecule has 0 bridgehead atoms. The molecule has 1 heterocycles. The molecule has 1 aromatic heterocycles. The number of ether oxygens (including phenoxy) is 3. The highest BCUT2D eigenvalue weighted by Crippen LogP contribution is 2.37. The Kier molecular flexibility index (Phi) is 7.72. The first-order valence-electron chi connectivity index (χ1n) is 10.6. The quantitative estimate of drug-likeness (QED) is 0.573. The third-order valence-electron chi connectivity index (χ3n) is 5.42. The molecule has 176 valence electrons. The first-order chi connectivity index (χ1) is 14.7. The number of carbonyl (C=O) groups excluding carboxylic acids is 2. The van der Waals surface area contributed by atoms with E-state index in [0.29, 0.717) is 19.0 Å². The van der Waals surface area contributed by atoms with Crippen molar-refractivity contribution in [3.63, 3.8) is 0 Å². The fourth-order valence-electron chi connectivity index (χ4n) is 2.85. The van der Waals surface area contributed by atoms with Gasteiger partial charge in [-0.1, -0.05) is 44.2 Å². The number of benzene rings is 1. The normalized spacial score (nSPS) is 12.4. The second-order valence-electron chi connectivity index (χ2n) is 9.86. The molecule has 2 aromatic rings. The van der Waals surface area contributed by atoms with Gasteiger partial charge in [0.1, 0.15) is 11.4 Å². The molecule has 0 radical (unpaired) electrons. The third-order valence-corrected chi connectivity index (χ3v) is 5.42. The Morgan fingerprint density at radius 3 is 2.22 bits per heavy atom. The van der Waals surface area contributed by atoms with Gasteiger partial charge in [0.2, 0.25) is 0 Å². The van der Waals surface area contributed by atoms with Crippen molar-refractivity contribution in [2.45, 2.75) is 72.8 Å². The molecule has 0 spiro atoms. The van der Waals surface area contributed by atoms with E-state index in [0.717, 1.165) is 5.56 Å². The summed E-state index contributed by atoms with van der Waals surface area (Å²) in [7, 11) is 1.28. The molecule has 0 unspecified atom stereocenters. The van der Waals surface area contributed by atoms with Crippen LogP contribution in [0.15, 0.2) is 36.4 Å². The summed E-state index contributed by atoms with van der Waals surface area (Å²) >= 11 is 0. The summed E-state index contributed by atoms with van der Waals surface area (Å²) in [5, 5.41) is 7.05. The van der Waals surface area contributed by atoms with Crippen molar-refractivity contribution in [2.75, 3.05) is 12.4 Å². The molecule has 0 atom stereocenters. The number of esters is 1. The number of hydrogen-bond donors (Lipinski definition) is 1. The smallest absolute Gasteiger partial charge is 0.413 e. The van der Waals surface area contributed by atoms with Crippen molar-refractivity contribution in [3.8, 4) is 0 Å². The zero-order valence-electron chi connectivity index (χ0n) is 20.3. The Morgan fingerprint density at radius 2 is 1.66 bits per heavy atom. The van der Waals surface area contributed by atoms with E-state index in [4.69, 9.17) is 14.2 Å². The van der Waals surface area contributed by atoms with Gasteiger partial charge in [-0.15, -0.1) is 0 Å². The highest BCUT2D eigenvalue weighted by molar-refractivity contribution is 5.90. The SMILES string of the molecule is COC(=O)c1cc(NC(=O)OC(C)(C)C)n(CC(C)(C)C(C)(C)OCc2ccccc2)n1. The minimum absolute atomic E-state index is 0.0948. The van der Waals surface area contributed by atoms with Crippen LogP contribution in [0.2, 0.25) is 0 Å². The van der Waals surface area contributed by atoms with E-state index in [1.165, 1.54) is 13.2 Å². The van der Waals surface area contributed by atoms with E-state index < -0.39 is 28.7 Å². The number of anilines is 1. The van der Waals surface area contributed by atoms with Crippen LogP contribution in [0.4, 0.5) is 10.6 Å². The van der Waals surface area contributed by atoms with Crippen LogP contribution in [-0.2, 0) is 27.4 Å². The van der Waals surface area contributed by atoms with E-state index in [2.05, 4.69) is 24.3 Å². The van der Waals surface area contributed by atoms with Crippen LogP contribution in [-0.4, -0.2) is 40.2 Å². The number of nitrogens with one attached hydrogen (secondary N) is 1. The molecule has 1 N–H and O–H groups in total. The van der Waals surface area contributed by atoms with Gasteiger partial charge in [0.25, 0.3) is 0 Å². The van der Waals surface area contributed by atoms with Gasteiger partial charge in [-0.2, -0.15) is 5.10 Å². The van der Waals surface area contributed by atoms with Gasteiger partial charge in [0.15, 0.2) is 5.69 Å². The second-order valence-corrected chi connectivity index (χ2v) is 9.86. The Bertz CT molecular complexity index is 927. The van der Waals surface area contributed by atoms with Crippen LogP contribution >= 0.6 is 0 Å². The highest BCUT2D eigenvalue weighted by Gasteiger charge is 2.39. The number of amides is 1. The van der Waals surface area contributed by atoms with Gasteiger partial charge in [-0.3, -0.25) is 5.32 Å². The van der Waals surface area contributed by atoms with Crippen LogP contribution in [0.25, 0.3) is 0 Å². The minimum Gasteiger partial charge on any atom is -0.464 e. The molecule has 1 amide bonds. The molecule has 1 aromatic carbocycles. The lowest BCUT2D eigenvalue weighted by atomic mass is 9.77. The summed E-state index contributed by atoms with van der Waals surface area (Å²) in [5.41, 5.74) is -0.463. The Morgan fingerprint density at radius 1 is 1.03 bits per heavy atom. The van der Waals surface area contributed by atoms with Gasteiger partial charge in [0.05, 0.1) is 25.9 Å². The van der Waals surface area contributed by atoms with Gasteiger partial charge < -0.3 is 14.2 Å². The first kappa shape index (κ1) is 25.4. The predicted octanol–water partition coefficient (Wildman–Crippen LogP) is 5.04. The Balaban J connectivity index is 2.24. The molecule has 32 heavy (non-hydrogen) atoms. The lowest BCUT2D eigenvalue weighted by Crippen LogP contribution is -2.44. The van der Waals surface area contributed by atoms with Crippen molar-refractivity contribution in [1.82, 2.24) is 9.78 Å². The molecule has 0 aliphatic rings. The molecule has 0 fully saturated rings.